The molecule has 0 spiro atoms. The van der Waals surface area contributed by atoms with Gasteiger partial charge in [-0.05, 0) is 64.2 Å². The molecule has 0 aliphatic carbocycles. The van der Waals surface area contributed by atoms with Crippen molar-refractivity contribution in [3.05, 3.63) is 72.9 Å². The Kier molecular flexibility index (Phi) is 40.0. The normalized spacial score (nSPS) is 30.3. The second-order valence-electron chi connectivity index (χ2n) is 21.8. The zero-order valence-electron chi connectivity index (χ0n) is 48.7. The predicted molar refractivity (Wildman–Crippen MR) is 309 cm³/mol. The summed E-state index contributed by atoms with van der Waals surface area (Å²) in [5.74, 6) is -0.263. The molecule has 0 saturated carbocycles. The highest BCUT2D eigenvalue weighted by molar-refractivity contribution is 5.76. The van der Waals surface area contributed by atoms with Crippen molar-refractivity contribution in [2.75, 3.05) is 26.4 Å². The maximum absolute atomic E-state index is 13.3. The van der Waals surface area contributed by atoms with Crippen molar-refractivity contribution in [1.82, 2.24) is 5.32 Å². The molecule has 3 saturated heterocycles. The second-order valence-corrected chi connectivity index (χ2v) is 21.8. The molecule has 17 atom stereocenters. The van der Waals surface area contributed by atoms with Crippen molar-refractivity contribution in [1.29, 1.82) is 0 Å². The molecule has 0 bridgehead atoms. The van der Waals surface area contributed by atoms with E-state index in [1.165, 1.54) is 44.9 Å². The molecule has 19 nitrogen and oxygen atoms in total. The summed E-state index contributed by atoms with van der Waals surface area (Å²) < 4.78 is 34.3. The van der Waals surface area contributed by atoms with Crippen molar-refractivity contribution in [3.8, 4) is 0 Å². The topological polar surface area (TPSA) is 307 Å². The highest BCUT2D eigenvalue weighted by Crippen LogP contribution is 2.33. The number of hydrogen-bond acceptors (Lipinski definition) is 18. The number of unbranched alkanes of at least 4 members (excludes halogenated alkanes) is 16. The molecule has 0 aromatic heterocycles. The van der Waals surface area contributed by atoms with Crippen LogP contribution in [0.1, 0.15) is 181 Å². The summed E-state index contributed by atoms with van der Waals surface area (Å²) in [6, 6.07) is -0.898. The number of ether oxygens (including phenoxy) is 6. The first kappa shape index (κ1) is 72.5. The molecule has 0 aromatic rings. The Hall–Kier alpha value is -2.77. The van der Waals surface area contributed by atoms with Gasteiger partial charge in [0.25, 0.3) is 0 Å². The van der Waals surface area contributed by atoms with Gasteiger partial charge in [0.2, 0.25) is 5.91 Å². The average molecular weight is 1150 g/mol. The SMILES string of the molecule is CC/C=C\C/C=C\C/C=C\C/C=C\C/C=C\C/C=C\CCCCCCCCC(=O)NC(COC1OC(CO)C(OC2OC(CO)C(OC3OC(CO)C(O)C(O)C3O)C(O)C2O)C(O)C1O)C(O)CCCCCCCCCCCCC. The van der Waals surface area contributed by atoms with Gasteiger partial charge in [0.1, 0.15) is 73.2 Å². The molecule has 19 heteroatoms. The van der Waals surface area contributed by atoms with E-state index in [0.717, 1.165) is 103 Å². The first-order valence-corrected chi connectivity index (χ1v) is 30.7. The number of aliphatic hydroxyl groups is 11. The summed E-state index contributed by atoms with van der Waals surface area (Å²) in [6.45, 7) is 1.63. The smallest absolute Gasteiger partial charge is 0.220 e. The lowest BCUT2D eigenvalue weighted by atomic mass is 9.96. The molecule has 0 radical (unpaired) electrons. The van der Waals surface area contributed by atoms with Crippen molar-refractivity contribution in [3.63, 3.8) is 0 Å². The molecule has 1 amide bonds. The van der Waals surface area contributed by atoms with Crippen LogP contribution in [0.25, 0.3) is 0 Å². The van der Waals surface area contributed by atoms with Crippen LogP contribution >= 0.6 is 0 Å². The Labute approximate surface area is 483 Å². The number of hydrogen-bond donors (Lipinski definition) is 12. The number of carbonyl (C=O) groups is 1. The van der Waals surface area contributed by atoms with Gasteiger partial charge in [-0.1, -0.05) is 183 Å². The summed E-state index contributed by atoms with van der Waals surface area (Å²) in [5.41, 5.74) is 0. The van der Waals surface area contributed by atoms with E-state index in [2.05, 4.69) is 92.1 Å². The maximum Gasteiger partial charge on any atom is 0.220 e. The van der Waals surface area contributed by atoms with Crippen LogP contribution in [-0.4, -0.2) is 193 Å². The molecule has 81 heavy (non-hydrogen) atoms. The van der Waals surface area contributed by atoms with Gasteiger partial charge < -0.3 is 89.9 Å². The quantitative estimate of drug-likeness (QED) is 0.0253. The lowest BCUT2D eigenvalue weighted by Gasteiger charge is -2.48. The van der Waals surface area contributed by atoms with Crippen molar-refractivity contribution < 1.29 is 89.4 Å². The molecule has 3 rings (SSSR count). The van der Waals surface area contributed by atoms with E-state index in [-0.39, 0.29) is 18.9 Å². The third kappa shape index (κ3) is 28.3. The number of nitrogens with one attached hydrogen (secondary N) is 1. The van der Waals surface area contributed by atoms with E-state index >= 15 is 0 Å². The standard InChI is InChI=1S/C62H107NO18/c1-3-5-7-9-11-13-15-16-17-18-19-20-21-22-23-24-25-26-27-28-30-32-34-36-38-40-50(68)63-45(46(67)39-37-35-33-31-29-14-12-10-8-6-4-2)44-76-60-56(74)53(71)58(48(42-65)78-60)81-62-57(75)54(72)59(49(43-66)79-62)80-61-55(73)52(70)51(69)47(41-64)77-61/h5,7,11,13,16-17,19-20,22-23,25-26,45-49,51-62,64-67,69-75H,3-4,6,8-10,12,14-15,18,21,24,27-44H2,1-2H3,(H,63,68)/b7-5-,13-11-,17-16-,20-19-,23-22-,26-25-. The molecule has 0 aromatic carbocycles. The van der Waals surface area contributed by atoms with Crippen molar-refractivity contribution in [2.24, 2.45) is 0 Å². The Bertz CT molecular complexity index is 1760. The highest BCUT2D eigenvalue weighted by Gasteiger charge is 2.53. The minimum Gasteiger partial charge on any atom is -0.394 e. The van der Waals surface area contributed by atoms with Gasteiger partial charge in [0.15, 0.2) is 18.9 Å². The van der Waals surface area contributed by atoms with Gasteiger partial charge in [-0.3, -0.25) is 4.79 Å². The number of rotatable bonds is 44. The number of carbonyl (C=O) groups excluding carboxylic acids is 1. The first-order valence-electron chi connectivity index (χ1n) is 30.7. The molecule has 12 N–H and O–H groups in total. The van der Waals surface area contributed by atoms with Gasteiger partial charge >= 0.3 is 0 Å². The number of amides is 1. The second kappa shape index (κ2) is 44.7. The molecule has 3 aliphatic rings. The van der Waals surface area contributed by atoms with Crippen LogP contribution in [0.5, 0.6) is 0 Å². The van der Waals surface area contributed by atoms with E-state index in [9.17, 15) is 61.0 Å². The van der Waals surface area contributed by atoms with Gasteiger partial charge in [0.05, 0.1) is 38.6 Å². The van der Waals surface area contributed by atoms with Gasteiger partial charge in [-0.2, -0.15) is 0 Å². The zero-order valence-corrected chi connectivity index (χ0v) is 48.7. The Morgan fingerprint density at radius 3 is 1.33 bits per heavy atom. The predicted octanol–water partition coefficient (Wildman–Crippen LogP) is 5.82. The summed E-state index contributed by atoms with van der Waals surface area (Å²) >= 11 is 0. The van der Waals surface area contributed by atoms with Crippen LogP contribution in [0.3, 0.4) is 0 Å². The lowest BCUT2D eigenvalue weighted by Crippen LogP contribution is -2.66. The minimum absolute atomic E-state index is 0.245. The fraction of sp³-hybridized carbons (Fsp3) is 0.790. The van der Waals surface area contributed by atoms with Crippen molar-refractivity contribution in [2.45, 2.75) is 285 Å². The van der Waals surface area contributed by atoms with E-state index in [4.69, 9.17) is 28.4 Å². The monoisotopic (exact) mass is 1150 g/mol. The molecule has 3 fully saturated rings. The molecule has 468 valence electrons. The van der Waals surface area contributed by atoms with E-state index in [0.29, 0.717) is 12.8 Å². The highest BCUT2D eigenvalue weighted by atomic mass is 16.8. The number of allylic oxidation sites excluding steroid dienone is 12. The summed E-state index contributed by atoms with van der Waals surface area (Å²) in [4.78, 5) is 13.3. The summed E-state index contributed by atoms with van der Waals surface area (Å²) in [5, 5.41) is 120. The average Bonchev–Trinajstić information content (AvgIpc) is 3.51. The van der Waals surface area contributed by atoms with Gasteiger partial charge in [-0.25, -0.2) is 0 Å². The maximum atomic E-state index is 13.3. The number of aliphatic hydroxyl groups excluding tert-OH is 11. The fourth-order valence-corrected chi connectivity index (χ4v) is 10.0. The third-order valence-corrected chi connectivity index (χ3v) is 15.0. The fourth-order valence-electron chi connectivity index (χ4n) is 10.0. The molecule has 3 aliphatic heterocycles. The Balaban J connectivity index is 1.45. The van der Waals surface area contributed by atoms with Gasteiger partial charge in [0, 0.05) is 6.42 Å². The van der Waals surface area contributed by atoms with Crippen LogP contribution in [0, 0.1) is 0 Å². The zero-order chi connectivity index (χ0) is 59.0. The van der Waals surface area contributed by atoms with E-state index < -0.39 is 124 Å². The van der Waals surface area contributed by atoms with Gasteiger partial charge in [-0.15, -0.1) is 0 Å². The Morgan fingerprint density at radius 1 is 0.457 bits per heavy atom. The minimum atomic E-state index is -1.98. The summed E-state index contributed by atoms with van der Waals surface area (Å²) in [7, 11) is 0. The largest absolute Gasteiger partial charge is 0.394 e. The molecular weight excluding hydrogens is 1050 g/mol. The van der Waals surface area contributed by atoms with Crippen molar-refractivity contribution >= 4 is 5.91 Å². The Morgan fingerprint density at radius 2 is 0.852 bits per heavy atom. The van der Waals surface area contributed by atoms with Crippen LogP contribution < -0.4 is 5.32 Å². The van der Waals surface area contributed by atoms with E-state index in [1.807, 2.05) is 0 Å². The molecule has 3 heterocycles. The van der Waals surface area contributed by atoms with Crippen LogP contribution in [0.15, 0.2) is 72.9 Å². The van der Waals surface area contributed by atoms with E-state index in [1.54, 1.807) is 0 Å². The molecule has 17 unspecified atom stereocenters. The molecular formula is C62H107NO18. The first-order chi connectivity index (χ1) is 39.3. The third-order valence-electron chi connectivity index (χ3n) is 15.0. The lowest BCUT2D eigenvalue weighted by molar-refractivity contribution is -0.379. The van der Waals surface area contributed by atoms with Crippen LogP contribution in [0.2, 0.25) is 0 Å². The summed E-state index contributed by atoms with van der Waals surface area (Å²) in [6.07, 6.45) is 25.6. The van der Waals surface area contributed by atoms with Crippen LogP contribution in [-0.2, 0) is 33.2 Å². The van der Waals surface area contributed by atoms with Crippen LogP contribution in [0.4, 0.5) is 0 Å².